The van der Waals surface area contributed by atoms with Gasteiger partial charge in [0.05, 0.1) is 13.5 Å². The first-order valence-corrected chi connectivity index (χ1v) is 6.20. The van der Waals surface area contributed by atoms with Crippen molar-refractivity contribution in [1.29, 1.82) is 0 Å². The van der Waals surface area contributed by atoms with E-state index in [9.17, 15) is 9.59 Å². The Morgan fingerprint density at radius 3 is 2.74 bits per heavy atom. The second kappa shape index (κ2) is 6.99. The summed E-state index contributed by atoms with van der Waals surface area (Å²) in [5.41, 5.74) is 1.54. The summed E-state index contributed by atoms with van der Waals surface area (Å²) < 4.78 is 4.53. The molecule has 0 heterocycles. The molecule has 0 saturated carbocycles. The molecular formula is C13H17ClN2O3. The van der Waals surface area contributed by atoms with Crippen molar-refractivity contribution in [2.24, 2.45) is 0 Å². The van der Waals surface area contributed by atoms with Gasteiger partial charge in [-0.2, -0.15) is 0 Å². The molecule has 0 radical (unpaired) electrons. The number of aryl methyl sites for hydroxylation is 1. The van der Waals surface area contributed by atoms with Crippen LogP contribution < -0.4 is 10.6 Å². The number of rotatable bonds is 4. The lowest BCUT2D eigenvalue weighted by Gasteiger charge is -2.14. The van der Waals surface area contributed by atoms with Crippen molar-refractivity contribution in [3.05, 3.63) is 28.8 Å². The molecule has 2 N–H and O–H groups in total. The number of halogens is 1. The number of carbonyl (C=O) groups excluding carboxylic acids is 2. The minimum absolute atomic E-state index is 0.123. The van der Waals surface area contributed by atoms with Crippen LogP contribution in [-0.2, 0) is 9.53 Å². The maximum atomic E-state index is 11.7. The van der Waals surface area contributed by atoms with Crippen LogP contribution in [0, 0.1) is 6.92 Å². The van der Waals surface area contributed by atoms with Gasteiger partial charge in [0.1, 0.15) is 0 Å². The Hall–Kier alpha value is -1.75. The van der Waals surface area contributed by atoms with Gasteiger partial charge in [0.25, 0.3) is 0 Å². The topological polar surface area (TPSA) is 67.4 Å². The zero-order valence-electron chi connectivity index (χ0n) is 11.1. The maximum Gasteiger partial charge on any atom is 0.319 e. The Labute approximate surface area is 117 Å². The third-order valence-corrected chi connectivity index (χ3v) is 2.76. The summed E-state index contributed by atoms with van der Waals surface area (Å²) in [5.74, 6) is -0.369. The van der Waals surface area contributed by atoms with E-state index in [2.05, 4.69) is 15.4 Å². The molecule has 0 spiro atoms. The van der Waals surface area contributed by atoms with E-state index in [1.54, 1.807) is 19.1 Å². The molecule has 1 atom stereocenters. The second-order valence-corrected chi connectivity index (χ2v) is 4.68. The number of hydrogen-bond donors (Lipinski definition) is 2. The number of benzene rings is 1. The van der Waals surface area contributed by atoms with E-state index in [0.717, 1.165) is 5.56 Å². The third-order valence-electron chi connectivity index (χ3n) is 2.53. The predicted molar refractivity (Wildman–Crippen MR) is 74.4 cm³/mol. The van der Waals surface area contributed by atoms with E-state index < -0.39 is 0 Å². The fraction of sp³-hybridized carbons (Fsp3) is 0.385. The number of urea groups is 1. The number of nitrogens with one attached hydrogen (secondary N) is 2. The number of anilines is 1. The number of esters is 1. The van der Waals surface area contributed by atoms with Gasteiger partial charge < -0.3 is 15.4 Å². The first-order valence-electron chi connectivity index (χ1n) is 5.83. The third kappa shape index (κ3) is 5.18. The Bertz CT molecular complexity index is 477. The lowest BCUT2D eigenvalue weighted by Crippen LogP contribution is -2.37. The molecular weight excluding hydrogens is 268 g/mol. The highest BCUT2D eigenvalue weighted by atomic mass is 35.5. The van der Waals surface area contributed by atoms with Gasteiger partial charge in [-0.3, -0.25) is 4.79 Å². The van der Waals surface area contributed by atoms with Gasteiger partial charge in [-0.1, -0.05) is 17.7 Å². The molecule has 0 unspecified atom stereocenters. The van der Waals surface area contributed by atoms with Crippen LogP contribution in [0.5, 0.6) is 0 Å². The number of methoxy groups -OCH3 is 1. The summed E-state index contributed by atoms with van der Waals surface area (Å²) in [5, 5.41) is 5.88. The molecule has 0 fully saturated rings. The molecule has 104 valence electrons. The fourth-order valence-electron chi connectivity index (χ4n) is 1.50. The lowest BCUT2D eigenvalue weighted by atomic mass is 10.2. The maximum absolute atomic E-state index is 11.7. The van der Waals surface area contributed by atoms with Crippen LogP contribution in [0.2, 0.25) is 5.02 Å². The van der Waals surface area contributed by atoms with Gasteiger partial charge in [-0.15, -0.1) is 0 Å². The molecule has 19 heavy (non-hydrogen) atoms. The van der Waals surface area contributed by atoms with Crippen molar-refractivity contribution < 1.29 is 14.3 Å². The molecule has 1 rings (SSSR count). The minimum atomic E-state index is -0.387. The number of ether oxygens (including phenoxy) is 1. The second-order valence-electron chi connectivity index (χ2n) is 4.24. The zero-order chi connectivity index (χ0) is 14.4. The quantitative estimate of drug-likeness (QED) is 0.836. The van der Waals surface area contributed by atoms with E-state index in [1.807, 2.05) is 13.0 Å². The van der Waals surface area contributed by atoms with Gasteiger partial charge in [0, 0.05) is 16.8 Å². The van der Waals surface area contributed by atoms with Crippen molar-refractivity contribution in [3.8, 4) is 0 Å². The normalized spacial score (nSPS) is 11.6. The van der Waals surface area contributed by atoms with Gasteiger partial charge in [0.15, 0.2) is 0 Å². The van der Waals surface area contributed by atoms with E-state index in [0.29, 0.717) is 10.7 Å². The summed E-state index contributed by atoms with van der Waals surface area (Å²) in [4.78, 5) is 22.8. The average molecular weight is 285 g/mol. The number of hydrogen-bond acceptors (Lipinski definition) is 3. The van der Waals surface area contributed by atoms with Gasteiger partial charge in [-0.05, 0) is 31.5 Å². The van der Waals surface area contributed by atoms with Gasteiger partial charge >= 0.3 is 12.0 Å². The average Bonchev–Trinajstić information content (AvgIpc) is 2.33. The van der Waals surface area contributed by atoms with E-state index in [1.165, 1.54) is 7.11 Å². The molecule has 0 aliphatic heterocycles. The summed E-state index contributed by atoms with van der Waals surface area (Å²) in [7, 11) is 1.31. The molecule has 0 aliphatic carbocycles. The van der Waals surface area contributed by atoms with Crippen molar-refractivity contribution in [2.75, 3.05) is 12.4 Å². The highest BCUT2D eigenvalue weighted by Gasteiger charge is 2.12. The molecule has 2 amide bonds. The van der Waals surface area contributed by atoms with Gasteiger partial charge in [-0.25, -0.2) is 4.79 Å². The first-order chi connectivity index (χ1) is 8.92. The minimum Gasteiger partial charge on any atom is -0.469 e. The van der Waals surface area contributed by atoms with Crippen LogP contribution in [-0.4, -0.2) is 25.2 Å². The van der Waals surface area contributed by atoms with Crippen LogP contribution in [0.4, 0.5) is 10.5 Å². The van der Waals surface area contributed by atoms with Crippen molar-refractivity contribution in [3.63, 3.8) is 0 Å². The molecule has 0 aromatic heterocycles. The summed E-state index contributed by atoms with van der Waals surface area (Å²) in [6.07, 6.45) is 0.123. The smallest absolute Gasteiger partial charge is 0.319 e. The van der Waals surface area contributed by atoms with Crippen molar-refractivity contribution >= 4 is 29.3 Å². The summed E-state index contributed by atoms with van der Waals surface area (Å²) in [6, 6.07) is 4.53. The summed E-state index contributed by atoms with van der Waals surface area (Å²) in [6.45, 7) is 3.59. The summed E-state index contributed by atoms with van der Waals surface area (Å²) >= 11 is 5.86. The number of amides is 2. The SMILES string of the molecule is COC(=O)C[C@@H](C)NC(=O)Nc1cc(Cl)ccc1C. The van der Waals surface area contributed by atoms with Crippen LogP contribution in [0.3, 0.4) is 0 Å². The monoisotopic (exact) mass is 284 g/mol. The van der Waals surface area contributed by atoms with E-state index in [4.69, 9.17) is 11.6 Å². The predicted octanol–water partition coefficient (Wildman–Crippen LogP) is 2.72. The number of carbonyl (C=O) groups is 2. The highest BCUT2D eigenvalue weighted by molar-refractivity contribution is 6.31. The Morgan fingerprint density at radius 1 is 1.42 bits per heavy atom. The molecule has 1 aromatic rings. The molecule has 0 saturated heterocycles. The molecule has 1 aromatic carbocycles. The van der Waals surface area contributed by atoms with E-state index >= 15 is 0 Å². The van der Waals surface area contributed by atoms with Gasteiger partial charge in [0.2, 0.25) is 0 Å². The Kier molecular flexibility index (Phi) is 5.63. The van der Waals surface area contributed by atoms with Crippen LogP contribution >= 0.6 is 11.6 Å². The molecule has 6 heteroatoms. The Morgan fingerprint density at radius 2 is 2.11 bits per heavy atom. The highest BCUT2D eigenvalue weighted by Crippen LogP contribution is 2.19. The molecule has 0 aliphatic rings. The first kappa shape index (κ1) is 15.3. The fourth-order valence-corrected chi connectivity index (χ4v) is 1.67. The standard InChI is InChI=1S/C13H17ClN2O3/c1-8-4-5-10(14)7-11(8)16-13(18)15-9(2)6-12(17)19-3/h4-5,7,9H,6H2,1-3H3,(H2,15,16,18)/t9-/m1/s1. The Balaban J connectivity index is 2.55. The molecule has 0 bridgehead atoms. The van der Waals surface area contributed by atoms with Crippen LogP contribution in [0.1, 0.15) is 18.9 Å². The van der Waals surface area contributed by atoms with Crippen molar-refractivity contribution in [1.82, 2.24) is 5.32 Å². The van der Waals surface area contributed by atoms with Crippen LogP contribution in [0.25, 0.3) is 0 Å². The van der Waals surface area contributed by atoms with Crippen LogP contribution in [0.15, 0.2) is 18.2 Å². The van der Waals surface area contributed by atoms with E-state index in [-0.39, 0.29) is 24.5 Å². The zero-order valence-corrected chi connectivity index (χ0v) is 11.9. The molecule has 5 nitrogen and oxygen atoms in total. The lowest BCUT2D eigenvalue weighted by molar-refractivity contribution is -0.141. The van der Waals surface area contributed by atoms with Crippen molar-refractivity contribution in [2.45, 2.75) is 26.3 Å². The largest absolute Gasteiger partial charge is 0.469 e.